The van der Waals surface area contributed by atoms with Gasteiger partial charge in [-0.1, -0.05) is 53.5 Å². The zero-order valence-corrected chi connectivity index (χ0v) is 22.3. The molecule has 5 aromatic rings. The smallest absolute Gasteiger partial charge is 0.254 e. The number of hydrogen-bond donors (Lipinski definition) is 4. The topological polar surface area (TPSA) is 120 Å². The largest absolute Gasteiger partial charge is 0.345 e. The van der Waals surface area contributed by atoms with Gasteiger partial charge in [0, 0.05) is 28.8 Å². The average molecular weight is 573 g/mol. The fraction of sp³-hybridized carbons (Fsp3) is 0.0714. The Labute approximate surface area is 238 Å². The van der Waals surface area contributed by atoms with Crippen LogP contribution < -0.4 is 26.8 Å². The monoisotopic (exact) mass is 572 g/mol. The molecule has 0 radical (unpaired) electrons. The van der Waals surface area contributed by atoms with Crippen molar-refractivity contribution in [2.24, 2.45) is 0 Å². The number of amides is 1. The summed E-state index contributed by atoms with van der Waals surface area (Å²) in [5.41, 5.74) is 10.0. The van der Waals surface area contributed by atoms with E-state index in [1.54, 1.807) is 47.9 Å². The molecule has 1 aliphatic heterocycles. The van der Waals surface area contributed by atoms with Crippen LogP contribution in [0.4, 0.5) is 11.4 Å². The fourth-order valence-corrected chi connectivity index (χ4v) is 4.84. The molecule has 1 aliphatic rings. The van der Waals surface area contributed by atoms with Gasteiger partial charge < -0.3 is 10.3 Å². The molecule has 4 N–H and O–H groups in total. The quantitative estimate of drug-likeness (QED) is 0.208. The minimum absolute atomic E-state index is 0.285. The molecule has 2 aromatic heterocycles. The number of aromatic amines is 1. The van der Waals surface area contributed by atoms with E-state index in [-0.39, 0.29) is 12.3 Å². The predicted octanol–water partition coefficient (Wildman–Crippen LogP) is 4.73. The summed E-state index contributed by atoms with van der Waals surface area (Å²) >= 11 is 12.3. The Balaban J connectivity index is 1.36. The second-order valence-corrected chi connectivity index (χ2v) is 9.94. The molecule has 1 amide bonds. The second-order valence-electron chi connectivity index (χ2n) is 9.09. The number of carbonyl (C=O) groups is 1. The normalized spacial score (nSPS) is 13.7. The van der Waals surface area contributed by atoms with Crippen molar-refractivity contribution in [3.8, 4) is 11.3 Å². The molecule has 6 rings (SSSR count). The third-order valence-corrected chi connectivity index (χ3v) is 6.89. The van der Waals surface area contributed by atoms with E-state index < -0.39 is 11.6 Å². The molecule has 0 aliphatic carbocycles. The number of carbonyl (C=O) groups excluding carboxylic acids is 1. The van der Waals surface area contributed by atoms with Gasteiger partial charge in [0.15, 0.2) is 0 Å². The lowest BCUT2D eigenvalue weighted by molar-refractivity contribution is -0.119. The van der Waals surface area contributed by atoms with Gasteiger partial charge in [0.2, 0.25) is 5.91 Å². The maximum absolute atomic E-state index is 13.6. The molecule has 12 heteroatoms. The lowest BCUT2D eigenvalue weighted by Gasteiger charge is -2.21. The van der Waals surface area contributed by atoms with Crippen LogP contribution in [0.25, 0.3) is 22.3 Å². The second kappa shape index (κ2) is 10.9. The molecular formula is C28H22Cl2N8O2. The van der Waals surface area contributed by atoms with Gasteiger partial charge in [-0.25, -0.2) is 9.97 Å². The van der Waals surface area contributed by atoms with E-state index >= 15 is 0 Å². The first-order valence-electron chi connectivity index (χ1n) is 12.3. The Morgan fingerprint density at radius 3 is 2.62 bits per heavy atom. The van der Waals surface area contributed by atoms with Crippen molar-refractivity contribution in [1.82, 2.24) is 30.5 Å². The highest BCUT2D eigenvalue weighted by molar-refractivity contribution is 6.31. The van der Waals surface area contributed by atoms with Crippen LogP contribution in [0.1, 0.15) is 11.6 Å². The Hall–Kier alpha value is -4.64. The first kappa shape index (κ1) is 25.6. The van der Waals surface area contributed by atoms with Gasteiger partial charge in [-0.15, -0.1) is 5.53 Å². The van der Waals surface area contributed by atoms with Crippen LogP contribution >= 0.6 is 23.2 Å². The highest BCUT2D eigenvalue weighted by Gasteiger charge is 2.24. The van der Waals surface area contributed by atoms with E-state index in [9.17, 15) is 9.59 Å². The van der Waals surface area contributed by atoms with E-state index in [0.717, 1.165) is 16.6 Å². The molecule has 0 saturated carbocycles. The molecule has 3 aromatic carbocycles. The molecule has 3 heterocycles. The van der Waals surface area contributed by atoms with Crippen molar-refractivity contribution in [2.75, 3.05) is 10.3 Å². The summed E-state index contributed by atoms with van der Waals surface area (Å²) in [6.45, 7) is 0. The first-order valence-corrected chi connectivity index (χ1v) is 13.0. The van der Waals surface area contributed by atoms with Crippen LogP contribution in [0.15, 0.2) is 102 Å². The average Bonchev–Trinajstić information content (AvgIpc) is 3.61. The number of benzene rings is 3. The number of imidazole rings is 1. The minimum Gasteiger partial charge on any atom is -0.345 e. The number of hydrazine groups is 2. The number of anilines is 2. The number of hydrogen-bond acceptors (Lipinski definition) is 7. The van der Waals surface area contributed by atoms with Gasteiger partial charge in [-0.3, -0.25) is 24.6 Å². The Kier molecular flexibility index (Phi) is 6.95. The van der Waals surface area contributed by atoms with Crippen molar-refractivity contribution in [2.45, 2.75) is 12.5 Å². The van der Waals surface area contributed by atoms with Crippen molar-refractivity contribution in [3.05, 3.63) is 118 Å². The van der Waals surface area contributed by atoms with Crippen molar-refractivity contribution >= 4 is 51.5 Å². The summed E-state index contributed by atoms with van der Waals surface area (Å²) in [6, 6.07) is 20.7. The summed E-state index contributed by atoms with van der Waals surface area (Å²) in [7, 11) is 0. The van der Waals surface area contributed by atoms with E-state index in [0.29, 0.717) is 32.8 Å². The number of H-pyrrole nitrogens is 1. The van der Waals surface area contributed by atoms with Gasteiger partial charge in [-0.05, 0) is 42.0 Å². The summed E-state index contributed by atoms with van der Waals surface area (Å²) in [4.78, 5) is 39.0. The number of aromatic nitrogens is 4. The van der Waals surface area contributed by atoms with Crippen LogP contribution in [0.5, 0.6) is 0 Å². The van der Waals surface area contributed by atoms with Crippen LogP contribution in [-0.2, 0) is 11.2 Å². The Morgan fingerprint density at radius 2 is 1.85 bits per heavy atom. The Bertz CT molecular complexity index is 1800. The highest BCUT2D eigenvalue weighted by Crippen LogP contribution is 2.32. The number of nitrogens with one attached hydrogen (secondary N) is 4. The fourth-order valence-electron chi connectivity index (χ4n) is 4.53. The number of rotatable bonds is 7. The molecule has 200 valence electrons. The molecule has 10 nitrogen and oxygen atoms in total. The summed E-state index contributed by atoms with van der Waals surface area (Å²) in [5.74, 6) is -0.356. The zero-order chi connectivity index (χ0) is 27.6. The molecule has 0 unspecified atom stereocenters. The van der Waals surface area contributed by atoms with Crippen molar-refractivity contribution in [1.29, 1.82) is 0 Å². The molecular weight excluding hydrogens is 551 g/mol. The maximum atomic E-state index is 13.6. The number of fused-ring (bicyclic) bond motifs is 1. The molecule has 0 spiro atoms. The number of halogens is 2. The maximum Gasteiger partial charge on any atom is 0.254 e. The van der Waals surface area contributed by atoms with Crippen LogP contribution in [0.3, 0.4) is 0 Å². The highest BCUT2D eigenvalue weighted by atomic mass is 35.5. The van der Waals surface area contributed by atoms with Crippen molar-refractivity contribution in [3.63, 3.8) is 0 Å². The third kappa shape index (κ3) is 5.28. The lowest BCUT2D eigenvalue weighted by Crippen LogP contribution is -2.36. The SMILES string of the molecule is O=C(Nc1ccc2[nH]cnc2c1)[C@H](Cc1ccccc1)n1cnc(-c2cc(Cl)ccc2N2C=C(Cl)NN2)cc1=O. The van der Waals surface area contributed by atoms with E-state index in [4.69, 9.17) is 23.2 Å². The zero-order valence-electron chi connectivity index (χ0n) is 20.8. The lowest BCUT2D eigenvalue weighted by atomic mass is 10.0. The summed E-state index contributed by atoms with van der Waals surface area (Å²) in [5, 5.41) is 5.46. The van der Waals surface area contributed by atoms with Gasteiger partial charge in [-0.2, -0.15) is 0 Å². The molecule has 1 atom stereocenters. The van der Waals surface area contributed by atoms with E-state index in [2.05, 4.69) is 31.2 Å². The number of nitrogens with zero attached hydrogens (tertiary/aromatic N) is 4. The van der Waals surface area contributed by atoms with Crippen LogP contribution in [-0.4, -0.2) is 25.4 Å². The summed E-state index contributed by atoms with van der Waals surface area (Å²) < 4.78 is 1.34. The van der Waals surface area contributed by atoms with Crippen LogP contribution in [0, 0.1) is 0 Å². The summed E-state index contributed by atoms with van der Waals surface area (Å²) in [6.07, 6.45) is 4.92. The molecule has 0 fully saturated rings. The van der Waals surface area contributed by atoms with Gasteiger partial charge in [0.05, 0.1) is 41.3 Å². The predicted molar refractivity (Wildman–Crippen MR) is 156 cm³/mol. The van der Waals surface area contributed by atoms with Gasteiger partial charge in [0.25, 0.3) is 5.56 Å². The van der Waals surface area contributed by atoms with Gasteiger partial charge in [0.1, 0.15) is 11.2 Å². The van der Waals surface area contributed by atoms with Gasteiger partial charge >= 0.3 is 0 Å². The van der Waals surface area contributed by atoms with Crippen LogP contribution in [0.2, 0.25) is 5.02 Å². The first-order chi connectivity index (χ1) is 19.4. The molecule has 0 saturated heterocycles. The standard InChI is InChI=1S/C28H22Cl2N8O2/c29-18-6-9-24(38-14-26(30)35-36-38)20(11-18)22-13-27(39)37(16-33-22)25(10-17-4-2-1-3-5-17)28(40)34-19-7-8-21-23(12-19)32-15-31-21/h1-9,11-16,25,35-36H,10H2,(H,31,32)(H,34,40)/t25-/m0/s1. The molecule has 0 bridgehead atoms. The minimum atomic E-state index is -0.864. The van der Waals surface area contributed by atoms with E-state index in [1.807, 2.05) is 36.4 Å². The Morgan fingerprint density at radius 1 is 1.00 bits per heavy atom. The molecule has 40 heavy (non-hydrogen) atoms. The third-order valence-electron chi connectivity index (χ3n) is 6.47. The van der Waals surface area contributed by atoms with Crippen molar-refractivity contribution < 1.29 is 4.79 Å². The van der Waals surface area contributed by atoms with E-state index in [1.165, 1.54) is 17.0 Å².